The van der Waals surface area contributed by atoms with Crippen molar-refractivity contribution in [3.63, 3.8) is 0 Å². The highest BCUT2D eigenvalue weighted by Crippen LogP contribution is 2.08. The van der Waals surface area contributed by atoms with Gasteiger partial charge in [0, 0.05) is 12.2 Å². The molecule has 0 aliphatic carbocycles. The van der Waals surface area contributed by atoms with Crippen LogP contribution in [0.1, 0.15) is 26.2 Å². The second-order valence-electron chi connectivity index (χ2n) is 3.94. The average molecular weight is 262 g/mol. The summed E-state index contributed by atoms with van der Waals surface area (Å²) in [6.45, 7) is 2.45. The summed E-state index contributed by atoms with van der Waals surface area (Å²) in [5.74, 6) is -0.689. The van der Waals surface area contributed by atoms with Gasteiger partial charge in [-0.1, -0.05) is 38.0 Å². The lowest BCUT2D eigenvalue weighted by molar-refractivity contribution is -0.138. The van der Waals surface area contributed by atoms with Crippen molar-refractivity contribution in [2.75, 3.05) is 6.61 Å². The lowest BCUT2D eigenvalue weighted by Gasteiger charge is -2.01. The molecule has 0 aliphatic heterocycles. The second-order valence-corrected chi connectivity index (χ2v) is 3.94. The Balaban J connectivity index is 2.27. The SMILES string of the molecule is CCCCCOC(=O)/C=C/C(=O)Oc1ccccc1. The Bertz CT molecular complexity index is 423. The highest BCUT2D eigenvalue weighted by Gasteiger charge is 2.02. The van der Waals surface area contributed by atoms with Gasteiger partial charge in [-0.05, 0) is 18.6 Å². The van der Waals surface area contributed by atoms with Crippen LogP contribution in [0.5, 0.6) is 5.75 Å². The fraction of sp³-hybridized carbons (Fsp3) is 0.333. The molecule has 0 aromatic heterocycles. The standard InChI is InChI=1S/C15H18O4/c1-2-3-7-12-18-14(16)10-11-15(17)19-13-8-5-4-6-9-13/h4-6,8-11H,2-3,7,12H2,1H3/b11-10+. The van der Waals surface area contributed by atoms with Crippen molar-refractivity contribution in [1.82, 2.24) is 0 Å². The summed E-state index contributed by atoms with van der Waals surface area (Å²) in [7, 11) is 0. The van der Waals surface area contributed by atoms with E-state index < -0.39 is 11.9 Å². The van der Waals surface area contributed by atoms with Crippen molar-refractivity contribution in [3.8, 4) is 5.75 Å². The van der Waals surface area contributed by atoms with E-state index in [0.29, 0.717) is 12.4 Å². The first-order valence-electron chi connectivity index (χ1n) is 6.34. The number of carbonyl (C=O) groups excluding carboxylic acids is 2. The van der Waals surface area contributed by atoms with E-state index in [0.717, 1.165) is 31.4 Å². The number of carbonyl (C=O) groups is 2. The van der Waals surface area contributed by atoms with Crippen LogP contribution < -0.4 is 4.74 Å². The molecule has 0 spiro atoms. The number of ether oxygens (including phenoxy) is 2. The Morgan fingerprint density at radius 2 is 1.74 bits per heavy atom. The minimum atomic E-state index is -0.600. The molecular formula is C15H18O4. The van der Waals surface area contributed by atoms with Crippen molar-refractivity contribution in [2.24, 2.45) is 0 Å². The topological polar surface area (TPSA) is 52.6 Å². The molecule has 0 saturated carbocycles. The van der Waals surface area contributed by atoms with Crippen LogP contribution >= 0.6 is 0 Å². The molecule has 1 aromatic carbocycles. The number of unbranched alkanes of at least 4 members (excludes halogenated alkanes) is 2. The van der Waals surface area contributed by atoms with Crippen LogP contribution in [0.4, 0.5) is 0 Å². The largest absolute Gasteiger partial charge is 0.463 e. The van der Waals surface area contributed by atoms with Crippen LogP contribution in [0.25, 0.3) is 0 Å². The van der Waals surface area contributed by atoms with E-state index in [1.165, 1.54) is 0 Å². The Morgan fingerprint density at radius 3 is 2.42 bits per heavy atom. The summed E-state index contributed by atoms with van der Waals surface area (Å²) in [6.07, 6.45) is 5.07. The second kappa shape index (κ2) is 8.91. The molecule has 0 saturated heterocycles. The van der Waals surface area contributed by atoms with Gasteiger partial charge in [-0.25, -0.2) is 9.59 Å². The first-order chi connectivity index (χ1) is 9.22. The van der Waals surface area contributed by atoms with E-state index in [1.54, 1.807) is 24.3 Å². The van der Waals surface area contributed by atoms with Gasteiger partial charge < -0.3 is 9.47 Å². The Hall–Kier alpha value is -2.10. The van der Waals surface area contributed by atoms with Crippen LogP contribution in [0, 0.1) is 0 Å². The fourth-order valence-corrected chi connectivity index (χ4v) is 1.35. The zero-order chi connectivity index (χ0) is 13.9. The quantitative estimate of drug-likeness (QED) is 0.328. The van der Waals surface area contributed by atoms with Gasteiger partial charge in [0.25, 0.3) is 0 Å². The molecule has 1 aromatic rings. The average Bonchev–Trinajstić information content (AvgIpc) is 2.42. The Labute approximate surface area is 113 Å². The zero-order valence-electron chi connectivity index (χ0n) is 11.0. The third-order valence-electron chi connectivity index (χ3n) is 2.31. The number of benzene rings is 1. The van der Waals surface area contributed by atoms with E-state index in [-0.39, 0.29) is 0 Å². The molecular weight excluding hydrogens is 244 g/mol. The fourth-order valence-electron chi connectivity index (χ4n) is 1.35. The van der Waals surface area contributed by atoms with Crippen molar-refractivity contribution in [2.45, 2.75) is 26.2 Å². The summed E-state index contributed by atoms with van der Waals surface area (Å²) in [5, 5.41) is 0. The van der Waals surface area contributed by atoms with E-state index in [1.807, 2.05) is 6.07 Å². The minimum Gasteiger partial charge on any atom is -0.463 e. The van der Waals surface area contributed by atoms with Crippen molar-refractivity contribution in [1.29, 1.82) is 0 Å². The Morgan fingerprint density at radius 1 is 1.05 bits per heavy atom. The number of para-hydroxylation sites is 1. The normalized spacial score (nSPS) is 10.4. The molecule has 0 unspecified atom stereocenters. The van der Waals surface area contributed by atoms with Crippen LogP contribution in [-0.4, -0.2) is 18.5 Å². The first-order valence-corrected chi connectivity index (χ1v) is 6.34. The van der Waals surface area contributed by atoms with Crippen LogP contribution in [0.2, 0.25) is 0 Å². The van der Waals surface area contributed by atoms with E-state index in [9.17, 15) is 9.59 Å². The van der Waals surface area contributed by atoms with E-state index in [2.05, 4.69) is 6.92 Å². The van der Waals surface area contributed by atoms with Crippen LogP contribution in [-0.2, 0) is 14.3 Å². The number of hydrogen-bond donors (Lipinski definition) is 0. The van der Waals surface area contributed by atoms with Gasteiger partial charge in [-0.15, -0.1) is 0 Å². The van der Waals surface area contributed by atoms with Gasteiger partial charge in [0.05, 0.1) is 6.61 Å². The van der Waals surface area contributed by atoms with Crippen molar-refractivity contribution >= 4 is 11.9 Å². The molecule has 102 valence electrons. The number of hydrogen-bond acceptors (Lipinski definition) is 4. The third-order valence-corrected chi connectivity index (χ3v) is 2.31. The van der Waals surface area contributed by atoms with Crippen LogP contribution in [0.3, 0.4) is 0 Å². The predicted molar refractivity (Wildman–Crippen MR) is 71.7 cm³/mol. The van der Waals surface area contributed by atoms with Crippen LogP contribution in [0.15, 0.2) is 42.5 Å². The maximum absolute atomic E-state index is 11.4. The molecule has 0 radical (unpaired) electrons. The molecule has 0 fully saturated rings. The van der Waals surface area contributed by atoms with Gasteiger partial charge in [0.15, 0.2) is 0 Å². The van der Waals surface area contributed by atoms with Gasteiger partial charge in [0.2, 0.25) is 0 Å². The van der Waals surface area contributed by atoms with E-state index in [4.69, 9.17) is 9.47 Å². The highest BCUT2D eigenvalue weighted by molar-refractivity contribution is 5.92. The zero-order valence-corrected chi connectivity index (χ0v) is 11.0. The number of rotatable bonds is 7. The molecule has 0 N–H and O–H groups in total. The molecule has 0 atom stereocenters. The minimum absolute atomic E-state index is 0.380. The molecule has 0 aliphatic rings. The molecule has 1 rings (SSSR count). The summed E-state index contributed by atoms with van der Waals surface area (Å²) in [4.78, 5) is 22.6. The summed E-state index contributed by atoms with van der Waals surface area (Å²) in [6, 6.07) is 8.66. The van der Waals surface area contributed by atoms with Crippen molar-refractivity contribution < 1.29 is 19.1 Å². The lowest BCUT2D eigenvalue weighted by Crippen LogP contribution is -2.07. The lowest BCUT2D eigenvalue weighted by atomic mass is 10.3. The maximum Gasteiger partial charge on any atom is 0.336 e. The predicted octanol–water partition coefficient (Wildman–Crippen LogP) is 2.88. The van der Waals surface area contributed by atoms with Crippen molar-refractivity contribution in [3.05, 3.63) is 42.5 Å². The summed E-state index contributed by atoms with van der Waals surface area (Å²) >= 11 is 0. The molecule has 0 bridgehead atoms. The van der Waals surface area contributed by atoms with E-state index >= 15 is 0 Å². The summed E-state index contributed by atoms with van der Waals surface area (Å²) < 4.78 is 9.89. The van der Waals surface area contributed by atoms with Gasteiger partial charge in [0.1, 0.15) is 5.75 Å². The number of esters is 2. The maximum atomic E-state index is 11.4. The molecule has 4 nitrogen and oxygen atoms in total. The summed E-state index contributed by atoms with van der Waals surface area (Å²) in [5.41, 5.74) is 0. The molecule has 0 heterocycles. The first kappa shape index (κ1) is 15.0. The molecule has 0 amide bonds. The Kier molecular flexibility index (Phi) is 7.02. The van der Waals surface area contributed by atoms with Gasteiger partial charge >= 0.3 is 11.9 Å². The van der Waals surface area contributed by atoms with Gasteiger partial charge in [-0.2, -0.15) is 0 Å². The highest BCUT2D eigenvalue weighted by atomic mass is 16.5. The monoisotopic (exact) mass is 262 g/mol. The molecule has 19 heavy (non-hydrogen) atoms. The van der Waals surface area contributed by atoms with Gasteiger partial charge in [-0.3, -0.25) is 0 Å². The third kappa shape index (κ3) is 7.03. The smallest absolute Gasteiger partial charge is 0.336 e. The molecule has 4 heteroatoms.